The molecule has 0 bridgehead atoms. The van der Waals surface area contributed by atoms with Gasteiger partial charge in [0.2, 0.25) is 21.8 Å². The molecule has 3 aromatic carbocycles. The number of hydrogen-bond acceptors (Lipinski definition) is 4. The topological polar surface area (TPSA) is 86.8 Å². The highest BCUT2D eigenvalue weighted by atomic mass is 35.5. The number of nitrogens with one attached hydrogen (secondary N) is 1. The molecule has 0 aliphatic carbocycles. The Kier molecular flexibility index (Phi) is 10.5. The largest absolute Gasteiger partial charge is 0.354 e. The van der Waals surface area contributed by atoms with E-state index in [4.69, 9.17) is 11.6 Å². The number of hydrogen-bond donors (Lipinski definition) is 1. The van der Waals surface area contributed by atoms with E-state index in [1.165, 1.54) is 11.0 Å². The third kappa shape index (κ3) is 8.53. The molecule has 0 aliphatic heterocycles. The summed E-state index contributed by atoms with van der Waals surface area (Å²) in [6.07, 6.45) is 1.90. The summed E-state index contributed by atoms with van der Waals surface area (Å²) in [6.45, 7) is 3.77. The summed E-state index contributed by atoms with van der Waals surface area (Å²) < 4.78 is 40.2. The van der Waals surface area contributed by atoms with Crippen LogP contribution in [0.1, 0.15) is 30.0 Å². The maximum absolute atomic E-state index is 14.0. The van der Waals surface area contributed by atoms with Crippen LogP contribution in [0.2, 0.25) is 5.02 Å². The molecule has 0 fully saturated rings. The number of carbonyl (C=O) groups excluding carboxylic acids is 2. The van der Waals surface area contributed by atoms with Gasteiger partial charge in [0.1, 0.15) is 18.4 Å². The normalized spacial score (nSPS) is 12.0. The summed E-state index contributed by atoms with van der Waals surface area (Å²) in [5.41, 5.74) is 2.67. The maximum atomic E-state index is 14.0. The van der Waals surface area contributed by atoms with Crippen LogP contribution in [0.25, 0.3) is 0 Å². The monoisotopic (exact) mass is 573 g/mol. The maximum Gasteiger partial charge on any atom is 0.244 e. The van der Waals surface area contributed by atoms with Crippen LogP contribution >= 0.6 is 11.6 Å². The number of amides is 2. The first-order valence-corrected chi connectivity index (χ1v) is 14.8. The Hall–Kier alpha value is -3.43. The van der Waals surface area contributed by atoms with Crippen molar-refractivity contribution in [2.24, 2.45) is 0 Å². The van der Waals surface area contributed by atoms with Crippen LogP contribution in [-0.4, -0.2) is 50.5 Å². The fourth-order valence-corrected chi connectivity index (χ4v) is 5.20. The molecular formula is C29H33ClFN3O4S. The number of nitrogens with zero attached hydrogens (tertiary/aromatic N) is 2. The van der Waals surface area contributed by atoms with Gasteiger partial charge < -0.3 is 10.2 Å². The van der Waals surface area contributed by atoms with Gasteiger partial charge >= 0.3 is 0 Å². The summed E-state index contributed by atoms with van der Waals surface area (Å²) in [7, 11) is -3.97. The number of rotatable bonds is 12. The van der Waals surface area contributed by atoms with Gasteiger partial charge in [-0.25, -0.2) is 12.8 Å². The molecule has 0 aliphatic rings. The van der Waals surface area contributed by atoms with Crippen molar-refractivity contribution in [1.29, 1.82) is 0 Å². The van der Waals surface area contributed by atoms with E-state index in [0.717, 1.165) is 39.4 Å². The summed E-state index contributed by atoms with van der Waals surface area (Å²) >= 11 is 5.92. The zero-order chi connectivity index (χ0) is 28.6. The van der Waals surface area contributed by atoms with Crippen molar-refractivity contribution in [1.82, 2.24) is 10.2 Å². The molecule has 10 heteroatoms. The van der Waals surface area contributed by atoms with Crippen LogP contribution in [-0.2, 0) is 32.6 Å². The summed E-state index contributed by atoms with van der Waals surface area (Å²) in [5.74, 6) is -1.64. The van der Waals surface area contributed by atoms with E-state index in [2.05, 4.69) is 5.32 Å². The van der Waals surface area contributed by atoms with Crippen molar-refractivity contribution in [3.63, 3.8) is 0 Å². The minimum atomic E-state index is -3.97. The predicted molar refractivity (Wildman–Crippen MR) is 153 cm³/mol. The molecule has 1 atom stereocenters. The van der Waals surface area contributed by atoms with E-state index in [1.807, 2.05) is 68.4 Å². The fraction of sp³-hybridized carbons (Fsp3) is 0.310. The molecule has 0 unspecified atom stereocenters. The van der Waals surface area contributed by atoms with Crippen molar-refractivity contribution in [3.05, 3.63) is 100 Å². The number of benzene rings is 3. The van der Waals surface area contributed by atoms with Crippen molar-refractivity contribution in [2.75, 3.05) is 23.7 Å². The van der Waals surface area contributed by atoms with Crippen LogP contribution in [0.5, 0.6) is 0 Å². The zero-order valence-electron chi connectivity index (χ0n) is 22.2. The molecule has 0 saturated carbocycles. The van der Waals surface area contributed by atoms with Crippen LogP contribution in [0.15, 0.2) is 72.8 Å². The summed E-state index contributed by atoms with van der Waals surface area (Å²) in [5, 5.41) is 2.62. The molecule has 7 nitrogen and oxygen atoms in total. The van der Waals surface area contributed by atoms with Crippen molar-refractivity contribution < 1.29 is 22.4 Å². The van der Waals surface area contributed by atoms with Gasteiger partial charge in [-0.2, -0.15) is 0 Å². The van der Waals surface area contributed by atoms with E-state index in [9.17, 15) is 22.4 Å². The molecule has 0 spiro atoms. The van der Waals surface area contributed by atoms with Gasteiger partial charge in [0, 0.05) is 19.5 Å². The molecule has 0 aromatic heterocycles. The van der Waals surface area contributed by atoms with E-state index in [0.29, 0.717) is 13.0 Å². The van der Waals surface area contributed by atoms with E-state index in [1.54, 1.807) is 0 Å². The zero-order valence-corrected chi connectivity index (χ0v) is 23.8. The molecule has 39 heavy (non-hydrogen) atoms. The second-order valence-electron chi connectivity index (χ2n) is 9.38. The summed E-state index contributed by atoms with van der Waals surface area (Å²) in [6, 6.07) is 19.4. The third-order valence-electron chi connectivity index (χ3n) is 6.13. The highest BCUT2D eigenvalue weighted by molar-refractivity contribution is 7.92. The van der Waals surface area contributed by atoms with Gasteiger partial charge in [0.25, 0.3) is 0 Å². The molecular weight excluding hydrogens is 541 g/mol. The molecule has 3 rings (SSSR count). The first-order valence-electron chi connectivity index (χ1n) is 12.6. The highest BCUT2D eigenvalue weighted by Crippen LogP contribution is 2.25. The van der Waals surface area contributed by atoms with E-state index in [-0.39, 0.29) is 29.6 Å². The van der Waals surface area contributed by atoms with Gasteiger partial charge in [0.05, 0.1) is 17.0 Å². The van der Waals surface area contributed by atoms with Crippen LogP contribution in [0, 0.1) is 12.7 Å². The lowest BCUT2D eigenvalue weighted by Gasteiger charge is -2.33. The van der Waals surface area contributed by atoms with Crippen molar-refractivity contribution in [2.45, 2.75) is 39.3 Å². The average molecular weight is 574 g/mol. The quantitative estimate of drug-likeness (QED) is 0.340. The highest BCUT2D eigenvalue weighted by Gasteiger charge is 2.33. The van der Waals surface area contributed by atoms with Gasteiger partial charge in [0.15, 0.2) is 0 Å². The number of carbonyl (C=O) groups is 2. The minimum absolute atomic E-state index is 0.0443. The molecule has 0 heterocycles. The van der Waals surface area contributed by atoms with Gasteiger partial charge in [-0.15, -0.1) is 0 Å². The number of halogens is 2. The van der Waals surface area contributed by atoms with E-state index < -0.39 is 34.3 Å². The summed E-state index contributed by atoms with van der Waals surface area (Å²) in [4.78, 5) is 28.8. The molecule has 0 saturated heterocycles. The third-order valence-corrected chi connectivity index (χ3v) is 7.56. The Labute approximate surface area is 234 Å². The first kappa shape index (κ1) is 30.1. The van der Waals surface area contributed by atoms with Crippen molar-refractivity contribution in [3.8, 4) is 0 Å². The second kappa shape index (κ2) is 13.6. The molecule has 1 N–H and O–H groups in total. The van der Waals surface area contributed by atoms with Crippen LogP contribution < -0.4 is 9.62 Å². The smallest absolute Gasteiger partial charge is 0.244 e. The molecule has 208 valence electrons. The van der Waals surface area contributed by atoms with Gasteiger partial charge in [-0.05, 0) is 42.7 Å². The van der Waals surface area contributed by atoms with Gasteiger partial charge in [-0.3, -0.25) is 13.9 Å². The standard InChI is InChI=1S/C29H33ClFN3O4S/c1-4-15-32-29(36)27(17-22-10-6-5-7-11-22)33(19-23-12-8-9-21(2)16-23)28(35)20-34(39(3,37)38)24-13-14-26(31)25(30)18-24/h5-14,16,18,27H,4,15,17,19-20H2,1-3H3,(H,32,36)/t27-/m0/s1. The molecule has 3 aromatic rings. The fourth-order valence-electron chi connectivity index (χ4n) is 4.18. The lowest BCUT2D eigenvalue weighted by Crippen LogP contribution is -2.53. The molecule has 2 amide bonds. The Bertz CT molecular complexity index is 1400. The first-order chi connectivity index (χ1) is 18.5. The number of aryl methyl sites for hydroxylation is 1. The molecule has 0 radical (unpaired) electrons. The Morgan fingerprint density at radius 2 is 1.69 bits per heavy atom. The predicted octanol–water partition coefficient (Wildman–Crippen LogP) is 4.72. The Morgan fingerprint density at radius 3 is 2.31 bits per heavy atom. The Morgan fingerprint density at radius 1 is 1.00 bits per heavy atom. The van der Waals surface area contributed by atoms with Gasteiger partial charge in [-0.1, -0.05) is 78.7 Å². The Balaban J connectivity index is 2.05. The number of anilines is 1. The lowest BCUT2D eigenvalue weighted by molar-refractivity contribution is -0.140. The van der Waals surface area contributed by atoms with Crippen molar-refractivity contribution >= 4 is 39.1 Å². The lowest BCUT2D eigenvalue weighted by atomic mass is 10.0. The van der Waals surface area contributed by atoms with Crippen LogP contribution in [0.3, 0.4) is 0 Å². The number of sulfonamides is 1. The average Bonchev–Trinajstić information content (AvgIpc) is 2.89. The van der Waals surface area contributed by atoms with Crippen LogP contribution in [0.4, 0.5) is 10.1 Å². The minimum Gasteiger partial charge on any atom is -0.354 e. The van der Waals surface area contributed by atoms with E-state index >= 15 is 0 Å². The second-order valence-corrected chi connectivity index (χ2v) is 11.7. The SMILES string of the molecule is CCCNC(=O)[C@H](Cc1ccccc1)N(Cc1cccc(C)c1)C(=O)CN(c1ccc(F)c(Cl)c1)S(C)(=O)=O.